The van der Waals surface area contributed by atoms with Gasteiger partial charge in [0, 0.05) is 32.2 Å². The Morgan fingerprint density at radius 2 is 1.91 bits per heavy atom. The molecule has 0 unspecified atom stereocenters. The van der Waals surface area contributed by atoms with Gasteiger partial charge < -0.3 is 14.5 Å². The van der Waals surface area contributed by atoms with Crippen LogP contribution in [0.1, 0.15) is 31.4 Å². The van der Waals surface area contributed by atoms with Gasteiger partial charge in [-0.25, -0.2) is 9.97 Å². The summed E-state index contributed by atoms with van der Waals surface area (Å²) in [6.07, 6.45) is 4.53. The van der Waals surface area contributed by atoms with Crippen LogP contribution in [0.25, 0.3) is 0 Å². The third-order valence-corrected chi connectivity index (χ3v) is 5.27. The number of hydrogen-bond acceptors (Lipinski definition) is 6. The summed E-state index contributed by atoms with van der Waals surface area (Å²) < 4.78 is 6.12. The summed E-state index contributed by atoms with van der Waals surface area (Å²) >= 11 is 1.72. The van der Waals surface area contributed by atoms with Gasteiger partial charge in [0.1, 0.15) is 24.1 Å². The van der Waals surface area contributed by atoms with Crippen molar-refractivity contribution in [1.29, 1.82) is 0 Å². The maximum absolute atomic E-state index is 6.12. The van der Waals surface area contributed by atoms with E-state index in [-0.39, 0.29) is 12.2 Å². The van der Waals surface area contributed by atoms with E-state index in [1.807, 2.05) is 0 Å². The van der Waals surface area contributed by atoms with Crippen molar-refractivity contribution in [2.75, 3.05) is 36.0 Å². The highest BCUT2D eigenvalue weighted by molar-refractivity contribution is 7.07. The van der Waals surface area contributed by atoms with Gasteiger partial charge in [0.25, 0.3) is 0 Å². The van der Waals surface area contributed by atoms with E-state index < -0.39 is 0 Å². The van der Waals surface area contributed by atoms with Crippen molar-refractivity contribution in [3.8, 4) is 0 Å². The average molecular weight is 330 g/mol. The van der Waals surface area contributed by atoms with Crippen LogP contribution >= 0.6 is 11.3 Å². The fraction of sp³-hybridized carbons (Fsp3) is 0.529. The molecule has 2 fully saturated rings. The highest BCUT2D eigenvalue weighted by atomic mass is 32.1. The first-order chi connectivity index (χ1) is 11.3. The predicted molar refractivity (Wildman–Crippen MR) is 93.3 cm³/mol. The molecule has 4 heterocycles. The molecule has 0 bridgehead atoms. The minimum atomic E-state index is 0.121. The molecule has 0 saturated carbocycles. The largest absolute Gasteiger partial charge is 0.367 e. The minimum absolute atomic E-state index is 0.121. The molecule has 122 valence electrons. The molecule has 2 atom stereocenters. The molecule has 0 radical (unpaired) electrons. The van der Waals surface area contributed by atoms with Crippen LogP contribution in [0.15, 0.2) is 29.2 Å². The van der Waals surface area contributed by atoms with Crippen molar-refractivity contribution in [1.82, 2.24) is 9.97 Å². The third kappa shape index (κ3) is 3.19. The van der Waals surface area contributed by atoms with Gasteiger partial charge in [-0.2, -0.15) is 11.3 Å². The van der Waals surface area contributed by atoms with Gasteiger partial charge in [-0.05, 0) is 42.2 Å². The molecule has 5 nitrogen and oxygen atoms in total. The molecule has 6 heteroatoms. The first-order valence-corrected chi connectivity index (χ1v) is 9.23. The number of aromatic nitrogens is 2. The molecule has 2 aromatic rings. The van der Waals surface area contributed by atoms with Crippen molar-refractivity contribution in [3.63, 3.8) is 0 Å². The number of anilines is 2. The summed E-state index contributed by atoms with van der Waals surface area (Å²) in [6, 6.07) is 4.29. The molecule has 2 aromatic heterocycles. The minimum Gasteiger partial charge on any atom is -0.367 e. The van der Waals surface area contributed by atoms with Crippen molar-refractivity contribution in [2.24, 2.45) is 0 Å². The number of nitrogens with zero attached hydrogens (tertiary/aromatic N) is 4. The number of rotatable bonds is 3. The second kappa shape index (κ2) is 6.45. The predicted octanol–water partition coefficient (Wildman–Crippen LogP) is 3.10. The molecule has 0 aromatic carbocycles. The molecule has 0 amide bonds. The van der Waals surface area contributed by atoms with Crippen LogP contribution < -0.4 is 9.80 Å². The number of ether oxygens (including phenoxy) is 1. The number of morpholine rings is 1. The van der Waals surface area contributed by atoms with E-state index in [9.17, 15) is 0 Å². The van der Waals surface area contributed by atoms with Crippen molar-refractivity contribution < 1.29 is 4.74 Å². The van der Waals surface area contributed by atoms with Gasteiger partial charge in [0.2, 0.25) is 0 Å². The van der Waals surface area contributed by atoms with Crippen LogP contribution in [-0.2, 0) is 4.74 Å². The van der Waals surface area contributed by atoms with Gasteiger partial charge in [-0.3, -0.25) is 0 Å². The second-order valence-corrected chi connectivity index (χ2v) is 7.11. The van der Waals surface area contributed by atoms with Gasteiger partial charge >= 0.3 is 0 Å². The Morgan fingerprint density at radius 1 is 1.13 bits per heavy atom. The maximum Gasteiger partial charge on any atom is 0.134 e. The molecular weight excluding hydrogens is 308 g/mol. The zero-order chi connectivity index (χ0) is 15.6. The Morgan fingerprint density at radius 3 is 2.65 bits per heavy atom. The quantitative estimate of drug-likeness (QED) is 0.865. The average Bonchev–Trinajstić information content (AvgIpc) is 3.28. The monoisotopic (exact) mass is 330 g/mol. The topological polar surface area (TPSA) is 41.5 Å². The zero-order valence-corrected chi connectivity index (χ0v) is 14.2. The summed E-state index contributed by atoms with van der Waals surface area (Å²) in [5, 5.41) is 4.29. The smallest absolute Gasteiger partial charge is 0.134 e. The lowest BCUT2D eigenvalue weighted by Gasteiger charge is -2.37. The molecule has 0 spiro atoms. The van der Waals surface area contributed by atoms with Gasteiger partial charge in [-0.15, -0.1) is 0 Å². The SMILES string of the molecule is C[C@H]1CN(c2cc(N3CCCC3)ncn2)C[C@@H](c2ccsc2)O1. The number of hydrogen-bond donors (Lipinski definition) is 0. The van der Waals surface area contributed by atoms with E-state index in [0.29, 0.717) is 0 Å². The fourth-order valence-corrected chi connectivity index (χ4v) is 4.11. The highest BCUT2D eigenvalue weighted by Crippen LogP contribution is 2.30. The molecule has 23 heavy (non-hydrogen) atoms. The lowest BCUT2D eigenvalue weighted by atomic mass is 10.1. The molecule has 2 aliphatic heterocycles. The van der Waals surface area contributed by atoms with E-state index in [1.165, 1.54) is 18.4 Å². The van der Waals surface area contributed by atoms with Crippen LogP contribution in [0, 0.1) is 0 Å². The third-order valence-electron chi connectivity index (χ3n) is 4.57. The molecular formula is C17H22N4OS. The maximum atomic E-state index is 6.12. The van der Waals surface area contributed by atoms with Crippen LogP contribution in [0.4, 0.5) is 11.6 Å². The Balaban J connectivity index is 1.55. The van der Waals surface area contributed by atoms with Crippen LogP contribution in [0.3, 0.4) is 0 Å². The van der Waals surface area contributed by atoms with Crippen LogP contribution in [0.2, 0.25) is 0 Å². The normalized spacial score (nSPS) is 25.1. The summed E-state index contributed by atoms with van der Waals surface area (Å²) in [4.78, 5) is 13.7. The lowest BCUT2D eigenvalue weighted by molar-refractivity contribution is -0.0174. The van der Waals surface area contributed by atoms with Crippen molar-refractivity contribution >= 4 is 23.0 Å². The van der Waals surface area contributed by atoms with Crippen molar-refractivity contribution in [2.45, 2.75) is 32.0 Å². The first-order valence-electron chi connectivity index (χ1n) is 8.29. The Bertz CT molecular complexity index is 642. The molecule has 2 aliphatic rings. The summed E-state index contributed by atoms with van der Waals surface area (Å²) in [5.41, 5.74) is 1.26. The van der Waals surface area contributed by atoms with Gasteiger partial charge in [0.05, 0.1) is 6.10 Å². The molecule has 4 rings (SSSR count). The van der Waals surface area contributed by atoms with E-state index in [0.717, 1.165) is 37.8 Å². The standard InChI is InChI=1S/C17H22N4OS/c1-13-9-21(10-15(22-13)14-4-7-23-11-14)17-8-16(18-12-19-17)20-5-2-3-6-20/h4,7-8,11-13,15H,2-3,5-6,9-10H2,1H3/t13-,15-/m0/s1. The van der Waals surface area contributed by atoms with E-state index in [2.05, 4.69) is 49.6 Å². The van der Waals surface area contributed by atoms with Crippen LogP contribution in [-0.4, -0.2) is 42.3 Å². The van der Waals surface area contributed by atoms with E-state index >= 15 is 0 Å². The van der Waals surface area contributed by atoms with E-state index in [1.54, 1.807) is 17.7 Å². The Kier molecular flexibility index (Phi) is 4.18. The van der Waals surface area contributed by atoms with E-state index in [4.69, 9.17) is 4.74 Å². The Hall–Kier alpha value is -1.66. The zero-order valence-electron chi connectivity index (χ0n) is 13.4. The van der Waals surface area contributed by atoms with Crippen LogP contribution in [0.5, 0.6) is 0 Å². The number of thiophene rings is 1. The second-order valence-electron chi connectivity index (χ2n) is 6.33. The first kappa shape index (κ1) is 14.9. The summed E-state index contributed by atoms with van der Waals surface area (Å²) in [7, 11) is 0. The molecule has 0 aliphatic carbocycles. The fourth-order valence-electron chi connectivity index (χ4n) is 3.41. The lowest BCUT2D eigenvalue weighted by Crippen LogP contribution is -2.43. The highest BCUT2D eigenvalue weighted by Gasteiger charge is 2.28. The summed E-state index contributed by atoms with van der Waals surface area (Å²) in [5.74, 6) is 2.07. The summed E-state index contributed by atoms with van der Waals surface area (Å²) in [6.45, 7) is 6.06. The van der Waals surface area contributed by atoms with Gasteiger partial charge in [-0.1, -0.05) is 0 Å². The van der Waals surface area contributed by atoms with Crippen molar-refractivity contribution in [3.05, 3.63) is 34.8 Å². The van der Waals surface area contributed by atoms with Gasteiger partial charge in [0.15, 0.2) is 0 Å². The molecule has 2 saturated heterocycles. The Labute approximate surface area is 140 Å². The molecule has 0 N–H and O–H groups in total.